The molecule has 1 aliphatic carbocycles. The van der Waals surface area contributed by atoms with Crippen molar-refractivity contribution in [1.29, 1.82) is 0 Å². The summed E-state index contributed by atoms with van der Waals surface area (Å²) >= 11 is 0. The van der Waals surface area contributed by atoms with Gasteiger partial charge in [0.1, 0.15) is 6.10 Å². The number of carboxylic acid groups (broad SMARTS) is 1. The smallest absolute Gasteiger partial charge is 0.435 e. The molecule has 2 aromatic carbocycles. The number of carbonyl (C=O) groups excluding carboxylic acids is 1. The highest BCUT2D eigenvalue weighted by molar-refractivity contribution is 6.06. The first kappa shape index (κ1) is 25.4. The van der Waals surface area contributed by atoms with Gasteiger partial charge < -0.3 is 24.2 Å². The number of anilines is 1. The van der Waals surface area contributed by atoms with Gasteiger partial charge in [0.15, 0.2) is 17.2 Å². The van der Waals surface area contributed by atoms with Crippen LogP contribution in [-0.2, 0) is 11.0 Å². The molecular formula is C26H24F3N3O6. The van der Waals surface area contributed by atoms with Crippen molar-refractivity contribution >= 4 is 17.6 Å². The van der Waals surface area contributed by atoms with E-state index in [-0.39, 0.29) is 23.9 Å². The van der Waals surface area contributed by atoms with Gasteiger partial charge in [0.05, 0.1) is 11.6 Å². The fourth-order valence-electron chi connectivity index (χ4n) is 4.55. The molecule has 0 radical (unpaired) electrons. The minimum atomic E-state index is -4.71. The quantitative estimate of drug-likeness (QED) is 0.482. The van der Waals surface area contributed by atoms with Crippen LogP contribution in [0.5, 0.6) is 17.4 Å². The van der Waals surface area contributed by atoms with E-state index < -0.39 is 35.8 Å². The van der Waals surface area contributed by atoms with E-state index in [1.165, 1.54) is 17.0 Å². The molecule has 0 saturated heterocycles. The Kier molecular flexibility index (Phi) is 6.64. The number of hydrogen-bond donors (Lipinski definition) is 1. The number of carbonyl (C=O) groups is 2. The van der Waals surface area contributed by atoms with Gasteiger partial charge in [0, 0.05) is 30.4 Å². The molecule has 9 nitrogen and oxygen atoms in total. The van der Waals surface area contributed by atoms with E-state index in [1.54, 1.807) is 37.4 Å². The van der Waals surface area contributed by atoms with E-state index in [0.29, 0.717) is 42.9 Å². The molecule has 1 aromatic heterocycles. The summed E-state index contributed by atoms with van der Waals surface area (Å²) in [6.07, 6.45) is -3.64. The number of nitrogens with zero attached hydrogens (tertiary/aromatic N) is 3. The number of rotatable bonds is 6. The number of amides is 1. The number of aliphatic carboxylic acids is 1. The van der Waals surface area contributed by atoms with E-state index in [1.807, 2.05) is 0 Å². The fraction of sp³-hybridized carbons (Fsp3) is 0.346. The molecule has 1 fully saturated rings. The van der Waals surface area contributed by atoms with E-state index in [4.69, 9.17) is 14.2 Å². The molecule has 1 N–H and O–H groups in total. The molecule has 5 rings (SSSR count). The highest BCUT2D eigenvalue weighted by Gasteiger charge is 2.36. The van der Waals surface area contributed by atoms with E-state index in [2.05, 4.69) is 5.10 Å². The van der Waals surface area contributed by atoms with E-state index in [0.717, 1.165) is 10.7 Å². The zero-order chi connectivity index (χ0) is 27.0. The second-order valence-electron chi connectivity index (χ2n) is 9.16. The number of hydrogen-bond acceptors (Lipinski definition) is 6. The first-order valence-corrected chi connectivity index (χ1v) is 11.9. The third-order valence-corrected chi connectivity index (χ3v) is 6.66. The van der Waals surface area contributed by atoms with Crippen molar-refractivity contribution < 1.29 is 42.1 Å². The van der Waals surface area contributed by atoms with Crippen LogP contribution in [0, 0.1) is 5.92 Å². The molecular weight excluding hydrogens is 507 g/mol. The van der Waals surface area contributed by atoms with Crippen LogP contribution in [0.4, 0.5) is 18.9 Å². The predicted molar refractivity (Wildman–Crippen MR) is 128 cm³/mol. The number of aromatic nitrogens is 2. The lowest BCUT2D eigenvalue weighted by molar-refractivity contribution is -0.143. The van der Waals surface area contributed by atoms with Crippen molar-refractivity contribution in [2.45, 2.75) is 38.0 Å². The summed E-state index contributed by atoms with van der Waals surface area (Å²) in [7, 11) is 1.57. The number of halogens is 3. The Morgan fingerprint density at radius 1 is 1.05 bits per heavy atom. The van der Waals surface area contributed by atoms with Crippen LogP contribution in [0.3, 0.4) is 0 Å². The van der Waals surface area contributed by atoms with Crippen LogP contribution in [0.25, 0.3) is 5.69 Å². The molecule has 38 heavy (non-hydrogen) atoms. The number of alkyl halides is 3. The first-order chi connectivity index (χ1) is 18.1. The van der Waals surface area contributed by atoms with Crippen molar-refractivity contribution in [2.75, 3.05) is 18.7 Å². The molecule has 0 unspecified atom stereocenters. The highest BCUT2D eigenvalue weighted by atomic mass is 19.4. The van der Waals surface area contributed by atoms with Crippen molar-refractivity contribution in [3.05, 3.63) is 59.8 Å². The van der Waals surface area contributed by atoms with Crippen LogP contribution in [0.15, 0.2) is 48.5 Å². The maximum Gasteiger partial charge on any atom is 0.435 e. The van der Waals surface area contributed by atoms with Crippen LogP contribution >= 0.6 is 0 Å². The molecule has 0 spiro atoms. The number of carboxylic acids is 1. The first-order valence-electron chi connectivity index (χ1n) is 11.9. The molecule has 200 valence electrons. The Balaban J connectivity index is 1.41. The molecule has 12 heteroatoms. The van der Waals surface area contributed by atoms with Crippen molar-refractivity contribution in [1.82, 2.24) is 9.78 Å². The largest absolute Gasteiger partial charge is 0.481 e. The molecule has 1 amide bonds. The van der Waals surface area contributed by atoms with E-state index in [9.17, 15) is 27.9 Å². The van der Waals surface area contributed by atoms with Gasteiger partial charge in [-0.25, -0.2) is 4.68 Å². The normalized spacial score (nSPS) is 18.7. The van der Waals surface area contributed by atoms with Crippen molar-refractivity contribution in [2.24, 2.45) is 5.92 Å². The molecule has 2 aliphatic rings. The molecule has 0 bridgehead atoms. The van der Waals surface area contributed by atoms with Crippen LogP contribution < -0.4 is 19.1 Å². The maximum absolute atomic E-state index is 13.5. The van der Waals surface area contributed by atoms with Gasteiger partial charge in [-0.1, -0.05) is 6.07 Å². The lowest BCUT2D eigenvalue weighted by Gasteiger charge is -2.26. The average Bonchev–Trinajstić information content (AvgIpc) is 3.55. The minimum absolute atomic E-state index is 0.0910. The standard InChI is InChI=1S/C26H24F3N3O6/c1-31(17-7-10-20-21(12-17)37-14-36-20)24(33)16-3-2-4-18(11-16)32-23(13-22(30-32)26(27,28)29)38-19-8-5-15(6-9-19)25(34)35/h2-4,7,10-13,15,19H,5-6,8-9,14H2,1H3,(H,34,35). The minimum Gasteiger partial charge on any atom is -0.481 e. The van der Waals surface area contributed by atoms with Crippen LogP contribution in [-0.4, -0.2) is 46.7 Å². The Bertz CT molecular complexity index is 1360. The monoisotopic (exact) mass is 531 g/mol. The van der Waals surface area contributed by atoms with Gasteiger partial charge in [-0.05, 0) is 56.0 Å². The topological polar surface area (TPSA) is 103 Å². The number of ether oxygens (including phenoxy) is 3. The summed E-state index contributed by atoms with van der Waals surface area (Å²) < 4.78 is 58.2. The van der Waals surface area contributed by atoms with Crippen LogP contribution in [0.1, 0.15) is 41.7 Å². The lowest BCUT2D eigenvalue weighted by Crippen LogP contribution is -2.28. The van der Waals surface area contributed by atoms with Crippen LogP contribution in [0.2, 0.25) is 0 Å². The third kappa shape index (κ3) is 5.11. The zero-order valence-corrected chi connectivity index (χ0v) is 20.3. The molecule has 2 heterocycles. The number of benzene rings is 2. The highest BCUT2D eigenvalue weighted by Crippen LogP contribution is 2.37. The van der Waals surface area contributed by atoms with Gasteiger partial charge in [-0.3, -0.25) is 9.59 Å². The summed E-state index contributed by atoms with van der Waals surface area (Å²) in [5.74, 6) is -0.839. The molecule has 0 atom stereocenters. The average molecular weight is 531 g/mol. The summed E-state index contributed by atoms with van der Waals surface area (Å²) in [4.78, 5) is 25.9. The Morgan fingerprint density at radius 3 is 2.50 bits per heavy atom. The summed E-state index contributed by atoms with van der Waals surface area (Å²) in [6.45, 7) is 0.0910. The predicted octanol–water partition coefficient (Wildman–Crippen LogP) is 4.92. The summed E-state index contributed by atoms with van der Waals surface area (Å²) in [6, 6.07) is 11.9. The third-order valence-electron chi connectivity index (χ3n) is 6.66. The fourth-order valence-corrected chi connectivity index (χ4v) is 4.55. The van der Waals surface area contributed by atoms with E-state index >= 15 is 0 Å². The molecule has 1 aliphatic heterocycles. The lowest BCUT2D eigenvalue weighted by atomic mass is 9.87. The van der Waals surface area contributed by atoms with Gasteiger partial charge >= 0.3 is 12.1 Å². The Labute approximate surface area is 215 Å². The second-order valence-corrected chi connectivity index (χ2v) is 9.16. The van der Waals surface area contributed by atoms with Crippen molar-refractivity contribution in [3.63, 3.8) is 0 Å². The van der Waals surface area contributed by atoms with Gasteiger partial charge in [0.25, 0.3) is 5.91 Å². The molecule has 1 saturated carbocycles. The SMILES string of the molecule is CN(C(=O)c1cccc(-n2nc(C(F)(F)F)cc2OC2CCC(C(=O)O)CC2)c1)c1ccc2c(c1)OCO2. The second kappa shape index (κ2) is 9.92. The van der Waals surface area contributed by atoms with Gasteiger partial charge in [-0.15, -0.1) is 0 Å². The maximum atomic E-state index is 13.5. The number of fused-ring (bicyclic) bond motifs is 1. The Morgan fingerprint density at radius 2 is 1.79 bits per heavy atom. The van der Waals surface area contributed by atoms with Crippen molar-refractivity contribution in [3.8, 4) is 23.1 Å². The molecule has 3 aromatic rings. The zero-order valence-electron chi connectivity index (χ0n) is 20.3. The van der Waals surface area contributed by atoms with Gasteiger partial charge in [-0.2, -0.15) is 18.3 Å². The Hall–Kier alpha value is -4.22. The summed E-state index contributed by atoms with van der Waals surface area (Å²) in [5.41, 5.74) is -0.163. The van der Waals surface area contributed by atoms with Gasteiger partial charge in [0.2, 0.25) is 12.7 Å². The summed E-state index contributed by atoms with van der Waals surface area (Å²) in [5, 5.41) is 12.9.